The molecule has 0 amide bonds. The van der Waals surface area contributed by atoms with E-state index < -0.39 is 0 Å². The van der Waals surface area contributed by atoms with Crippen molar-refractivity contribution in [1.82, 2.24) is 14.8 Å². The van der Waals surface area contributed by atoms with Crippen molar-refractivity contribution in [1.29, 1.82) is 0 Å². The van der Waals surface area contributed by atoms with Gasteiger partial charge in [-0.1, -0.05) is 0 Å². The van der Waals surface area contributed by atoms with Gasteiger partial charge in [0.15, 0.2) is 0 Å². The predicted octanol–water partition coefficient (Wildman–Crippen LogP) is 2.56. The lowest BCUT2D eigenvalue weighted by Gasteiger charge is -2.07. The topological polar surface area (TPSA) is 56.7 Å². The van der Waals surface area contributed by atoms with Crippen molar-refractivity contribution >= 4 is 5.82 Å². The molecule has 2 aromatic heterocycles. The molecule has 5 heteroatoms. The summed E-state index contributed by atoms with van der Waals surface area (Å²) in [5.74, 6) is 0.0950. The summed E-state index contributed by atoms with van der Waals surface area (Å²) >= 11 is 0. The Morgan fingerprint density at radius 3 is 2.53 bits per heavy atom. The zero-order valence-electron chi connectivity index (χ0n) is 10.1. The second kappa shape index (κ2) is 4.16. The molecular weight excluding hydrogens is 219 g/mol. The Labute approximate surface area is 99.3 Å². The summed E-state index contributed by atoms with van der Waals surface area (Å²) in [4.78, 5) is 4.12. The molecule has 0 atom stereocenters. The largest absolute Gasteiger partial charge is 0.384 e. The van der Waals surface area contributed by atoms with Gasteiger partial charge in [-0.05, 0) is 32.9 Å². The first-order chi connectivity index (χ1) is 8.00. The Bertz CT molecular complexity index is 545. The van der Waals surface area contributed by atoms with Crippen LogP contribution in [0.4, 0.5) is 10.2 Å². The average molecular weight is 234 g/mol. The normalized spacial score (nSPS) is 11.1. The van der Waals surface area contributed by atoms with E-state index in [2.05, 4.69) is 10.1 Å². The molecule has 4 nitrogen and oxygen atoms in total. The number of aromatic nitrogens is 3. The summed E-state index contributed by atoms with van der Waals surface area (Å²) in [6.45, 7) is 5.57. The van der Waals surface area contributed by atoms with E-state index in [0.717, 1.165) is 5.56 Å². The maximum absolute atomic E-state index is 14.1. The van der Waals surface area contributed by atoms with Crippen LogP contribution in [0.25, 0.3) is 11.1 Å². The van der Waals surface area contributed by atoms with Gasteiger partial charge in [-0.15, -0.1) is 0 Å². The van der Waals surface area contributed by atoms with Gasteiger partial charge in [-0.2, -0.15) is 9.49 Å². The standard InChI is InChI=1S/C12H15FN4/c1-7(2)17-12(13)10(6-15-17)9-4-5-11(14)16-8(9)3/h4-7H,1-3H3,(H2,14,16). The third kappa shape index (κ3) is 2.00. The number of rotatable bonds is 2. The van der Waals surface area contributed by atoms with Crippen LogP contribution < -0.4 is 5.73 Å². The quantitative estimate of drug-likeness (QED) is 0.868. The zero-order chi connectivity index (χ0) is 12.6. The first kappa shape index (κ1) is 11.6. The summed E-state index contributed by atoms with van der Waals surface area (Å²) in [7, 11) is 0. The number of hydrogen-bond donors (Lipinski definition) is 1. The van der Waals surface area contributed by atoms with E-state index in [1.54, 1.807) is 19.1 Å². The molecule has 0 unspecified atom stereocenters. The fraction of sp³-hybridized carbons (Fsp3) is 0.333. The first-order valence-corrected chi connectivity index (χ1v) is 5.47. The van der Waals surface area contributed by atoms with Crippen LogP contribution in [0.3, 0.4) is 0 Å². The smallest absolute Gasteiger partial charge is 0.219 e. The van der Waals surface area contributed by atoms with Gasteiger partial charge in [0.1, 0.15) is 5.82 Å². The van der Waals surface area contributed by atoms with Gasteiger partial charge in [0.2, 0.25) is 5.95 Å². The Morgan fingerprint density at radius 2 is 2.00 bits per heavy atom. The van der Waals surface area contributed by atoms with Crippen molar-refractivity contribution in [3.8, 4) is 11.1 Å². The number of pyridine rings is 1. The minimum atomic E-state index is -0.338. The van der Waals surface area contributed by atoms with Crippen LogP contribution in [0.15, 0.2) is 18.3 Å². The van der Waals surface area contributed by atoms with Crippen molar-refractivity contribution in [3.63, 3.8) is 0 Å². The third-order valence-electron chi connectivity index (χ3n) is 2.62. The Kier molecular flexibility index (Phi) is 2.83. The molecule has 0 fully saturated rings. The summed E-state index contributed by atoms with van der Waals surface area (Å²) in [6, 6.07) is 3.42. The second-order valence-corrected chi connectivity index (χ2v) is 4.26. The molecule has 0 aromatic carbocycles. The van der Waals surface area contributed by atoms with E-state index in [4.69, 9.17) is 5.73 Å². The van der Waals surface area contributed by atoms with Crippen LogP contribution >= 0.6 is 0 Å². The molecule has 17 heavy (non-hydrogen) atoms. The Hall–Kier alpha value is -1.91. The monoisotopic (exact) mass is 234 g/mol. The lowest BCUT2D eigenvalue weighted by atomic mass is 10.1. The lowest BCUT2D eigenvalue weighted by Crippen LogP contribution is -2.05. The van der Waals surface area contributed by atoms with Crippen LogP contribution in [-0.4, -0.2) is 14.8 Å². The van der Waals surface area contributed by atoms with Crippen LogP contribution in [0.2, 0.25) is 0 Å². The van der Waals surface area contributed by atoms with Crippen LogP contribution in [0.1, 0.15) is 25.6 Å². The Morgan fingerprint density at radius 1 is 1.29 bits per heavy atom. The molecule has 0 aliphatic heterocycles. The molecule has 90 valence electrons. The number of nitrogen functional groups attached to an aromatic ring is 1. The van der Waals surface area contributed by atoms with Crippen LogP contribution in [0, 0.1) is 12.9 Å². The molecule has 0 spiro atoms. The highest BCUT2D eigenvalue weighted by molar-refractivity contribution is 5.66. The molecule has 0 radical (unpaired) electrons. The highest BCUT2D eigenvalue weighted by atomic mass is 19.1. The van der Waals surface area contributed by atoms with E-state index in [0.29, 0.717) is 17.1 Å². The maximum atomic E-state index is 14.1. The molecule has 0 aliphatic rings. The van der Waals surface area contributed by atoms with Crippen LogP contribution in [0.5, 0.6) is 0 Å². The Balaban J connectivity index is 2.54. The van der Waals surface area contributed by atoms with Gasteiger partial charge in [0, 0.05) is 17.3 Å². The zero-order valence-corrected chi connectivity index (χ0v) is 10.1. The molecule has 0 saturated heterocycles. The van der Waals surface area contributed by atoms with Gasteiger partial charge in [0.25, 0.3) is 0 Å². The fourth-order valence-electron chi connectivity index (χ4n) is 1.75. The van der Waals surface area contributed by atoms with E-state index >= 15 is 0 Å². The molecule has 0 bridgehead atoms. The van der Waals surface area contributed by atoms with E-state index in [1.807, 2.05) is 13.8 Å². The maximum Gasteiger partial charge on any atom is 0.219 e. The van der Waals surface area contributed by atoms with Gasteiger partial charge < -0.3 is 5.73 Å². The summed E-state index contributed by atoms with van der Waals surface area (Å²) in [6.07, 6.45) is 1.52. The highest BCUT2D eigenvalue weighted by Gasteiger charge is 2.16. The molecular formula is C12H15FN4. The number of nitrogens with two attached hydrogens (primary N) is 1. The average Bonchev–Trinajstić information content (AvgIpc) is 2.60. The van der Waals surface area contributed by atoms with Crippen LogP contribution in [-0.2, 0) is 0 Å². The van der Waals surface area contributed by atoms with E-state index in [-0.39, 0.29) is 12.0 Å². The third-order valence-corrected chi connectivity index (χ3v) is 2.62. The molecule has 2 heterocycles. The van der Waals surface area contributed by atoms with E-state index in [1.165, 1.54) is 10.9 Å². The van der Waals surface area contributed by atoms with Crippen molar-refractivity contribution in [2.24, 2.45) is 0 Å². The molecule has 2 N–H and O–H groups in total. The van der Waals surface area contributed by atoms with Crippen molar-refractivity contribution in [2.75, 3.05) is 5.73 Å². The predicted molar refractivity (Wildman–Crippen MR) is 65.0 cm³/mol. The number of halogens is 1. The molecule has 0 saturated carbocycles. The minimum Gasteiger partial charge on any atom is -0.384 e. The van der Waals surface area contributed by atoms with Crippen molar-refractivity contribution in [3.05, 3.63) is 30.0 Å². The number of hydrogen-bond acceptors (Lipinski definition) is 3. The lowest BCUT2D eigenvalue weighted by molar-refractivity contribution is 0.417. The highest BCUT2D eigenvalue weighted by Crippen LogP contribution is 2.26. The molecule has 0 aliphatic carbocycles. The first-order valence-electron chi connectivity index (χ1n) is 5.47. The number of aryl methyl sites for hydroxylation is 1. The van der Waals surface area contributed by atoms with E-state index in [9.17, 15) is 4.39 Å². The second-order valence-electron chi connectivity index (χ2n) is 4.26. The summed E-state index contributed by atoms with van der Waals surface area (Å²) in [5.41, 5.74) is 7.46. The summed E-state index contributed by atoms with van der Waals surface area (Å²) in [5, 5.41) is 4.04. The molecule has 2 rings (SSSR count). The van der Waals surface area contributed by atoms with Gasteiger partial charge in [-0.3, -0.25) is 0 Å². The number of anilines is 1. The molecule has 2 aromatic rings. The SMILES string of the molecule is Cc1nc(N)ccc1-c1cnn(C(C)C)c1F. The van der Waals surface area contributed by atoms with Gasteiger partial charge in [0.05, 0.1) is 11.8 Å². The fourth-order valence-corrected chi connectivity index (χ4v) is 1.75. The van der Waals surface area contributed by atoms with Crippen molar-refractivity contribution < 1.29 is 4.39 Å². The number of nitrogens with zero attached hydrogens (tertiary/aromatic N) is 3. The van der Waals surface area contributed by atoms with Gasteiger partial charge >= 0.3 is 0 Å². The summed E-state index contributed by atoms with van der Waals surface area (Å²) < 4.78 is 15.4. The minimum absolute atomic E-state index is 0.00852. The van der Waals surface area contributed by atoms with Crippen molar-refractivity contribution in [2.45, 2.75) is 26.8 Å². The van der Waals surface area contributed by atoms with Gasteiger partial charge in [-0.25, -0.2) is 9.67 Å².